The van der Waals surface area contributed by atoms with E-state index in [9.17, 15) is 4.79 Å². The Bertz CT molecular complexity index is 592. The zero-order valence-electron chi connectivity index (χ0n) is 10.3. The van der Waals surface area contributed by atoms with Gasteiger partial charge in [-0.1, -0.05) is 18.7 Å². The van der Waals surface area contributed by atoms with E-state index in [0.717, 1.165) is 0 Å². The predicted octanol–water partition coefficient (Wildman–Crippen LogP) is 2.09. The van der Waals surface area contributed by atoms with Gasteiger partial charge in [0.05, 0.1) is 5.69 Å². The molecule has 0 aliphatic carbocycles. The van der Waals surface area contributed by atoms with Crippen molar-refractivity contribution in [2.45, 2.75) is 12.3 Å². The number of rotatable bonds is 3. The maximum atomic E-state index is 11.6. The summed E-state index contributed by atoms with van der Waals surface area (Å²) in [6.45, 7) is 5.25. The first kappa shape index (κ1) is 13.3. The van der Waals surface area contributed by atoms with Gasteiger partial charge in [0.15, 0.2) is 0 Å². The van der Waals surface area contributed by atoms with Crippen molar-refractivity contribution < 1.29 is 4.79 Å². The Morgan fingerprint density at radius 2 is 2.21 bits per heavy atom. The van der Waals surface area contributed by atoms with Crippen LogP contribution in [0.4, 0.5) is 5.69 Å². The Morgan fingerprint density at radius 3 is 2.79 bits per heavy atom. The largest absolute Gasteiger partial charge is 0.324 e. The number of amides is 1. The molecule has 5 nitrogen and oxygen atoms in total. The topological polar surface area (TPSA) is 77.3 Å². The first-order chi connectivity index (χ1) is 8.99. The molecule has 0 fully saturated rings. The Kier molecular flexibility index (Phi) is 3.66. The van der Waals surface area contributed by atoms with E-state index < -0.39 is 5.38 Å². The standard InChI is InChI=1S/C13H13ClN4O/c1-7(14)13(19)17-10-6-4-3-5-9(10)12-16-8(2)11(15)18-12/h3-7H,2H2,1H3,(H,17,19)(H2,15,16,18)/t7-/m1/s1. The molecule has 1 atom stereocenters. The number of nitrogens with one attached hydrogen (secondary N) is 3. The van der Waals surface area contributed by atoms with E-state index in [2.05, 4.69) is 22.2 Å². The van der Waals surface area contributed by atoms with Crippen molar-refractivity contribution in [2.24, 2.45) is 4.99 Å². The van der Waals surface area contributed by atoms with E-state index >= 15 is 0 Å². The molecule has 0 spiro atoms. The van der Waals surface area contributed by atoms with Crippen molar-refractivity contribution >= 4 is 34.9 Å². The number of carbonyl (C=O) groups excluding carboxylic acids is 1. The number of benzene rings is 1. The second-order valence-electron chi connectivity index (χ2n) is 4.06. The van der Waals surface area contributed by atoms with Crippen molar-refractivity contribution in [1.82, 2.24) is 5.32 Å². The molecule has 1 aliphatic heterocycles. The first-order valence-electron chi connectivity index (χ1n) is 5.67. The molecule has 1 amide bonds. The van der Waals surface area contributed by atoms with Gasteiger partial charge in [-0.05, 0) is 19.1 Å². The third-order valence-electron chi connectivity index (χ3n) is 2.58. The molecule has 6 heteroatoms. The third kappa shape index (κ3) is 2.82. The molecule has 0 saturated carbocycles. The van der Waals surface area contributed by atoms with Gasteiger partial charge < -0.3 is 10.6 Å². The number of aliphatic imine (C=N–C) groups is 1. The average molecular weight is 277 g/mol. The minimum absolute atomic E-state index is 0.154. The van der Waals surface area contributed by atoms with Crippen LogP contribution in [0.15, 0.2) is 41.5 Å². The smallest absolute Gasteiger partial charge is 0.242 e. The first-order valence-corrected chi connectivity index (χ1v) is 6.10. The summed E-state index contributed by atoms with van der Waals surface area (Å²) in [5.41, 5.74) is 1.65. The number of nitrogens with zero attached hydrogens (tertiary/aromatic N) is 1. The quantitative estimate of drug-likeness (QED) is 0.739. The highest BCUT2D eigenvalue weighted by atomic mass is 35.5. The fourth-order valence-electron chi connectivity index (χ4n) is 1.57. The van der Waals surface area contributed by atoms with Crippen LogP contribution in [0.3, 0.4) is 0 Å². The molecule has 1 heterocycles. The molecule has 3 N–H and O–H groups in total. The van der Waals surface area contributed by atoms with Gasteiger partial charge in [-0.25, -0.2) is 4.99 Å². The van der Waals surface area contributed by atoms with Crippen LogP contribution >= 0.6 is 11.6 Å². The highest BCUT2D eigenvalue weighted by Gasteiger charge is 2.20. The SMILES string of the molecule is C=C1N=C(c2ccccc2NC(=O)[C@@H](C)Cl)NC1=N. The van der Waals surface area contributed by atoms with Crippen molar-refractivity contribution in [3.63, 3.8) is 0 Å². The van der Waals surface area contributed by atoms with Gasteiger partial charge in [0, 0.05) is 5.56 Å². The van der Waals surface area contributed by atoms with Crippen LogP contribution < -0.4 is 10.6 Å². The van der Waals surface area contributed by atoms with Gasteiger partial charge in [0.1, 0.15) is 22.7 Å². The second-order valence-corrected chi connectivity index (χ2v) is 4.71. The second kappa shape index (κ2) is 5.24. The molecule has 0 unspecified atom stereocenters. The minimum Gasteiger partial charge on any atom is -0.324 e. The molecule has 98 valence electrons. The summed E-state index contributed by atoms with van der Waals surface area (Å²) in [4.78, 5) is 15.8. The Morgan fingerprint density at radius 1 is 1.53 bits per heavy atom. The molecule has 1 aromatic rings. The van der Waals surface area contributed by atoms with Crippen molar-refractivity contribution in [2.75, 3.05) is 5.32 Å². The molecule has 0 saturated heterocycles. The van der Waals surface area contributed by atoms with Crippen LogP contribution in [0.5, 0.6) is 0 Å². The lowest BCUT2D eigenvalue weighted by Crippen LogP contribution is -2.27. The number of halogens is 1. The van der Waals surface area contributed by atoms with Crippen LogP contribution in [0.2, 0.25) is 0 Å². The summed E-state index contributed by atoms with van der Waals surface area (Å²) in [5.74, 6) is 0.358. The van der Waals surface area contributed by atoms with Crippen LogP contribution in [-0.4, -0.2) is 23.0 Å². The van der Waals surface area contributed by atoms with Crippen LogP contribution in [-0.2, 0) is 4.79 Å². The normalized spacial score (nSPS) is 15.8. The molecular weight excluding hydrogens is 264 g/mol. The number of alkyl halides is 1. The lowest BCUT2D eigenvalue weighted by Gasteiger charge is -2.11. The van der Waals surface area contributed by atoms with E-state index in [1.807, 2.05) is 6.07 Å². The maximum absolute atomic E-state index is 11.6. The van der Waals surface area contributed by atoms with Gasteiger partial charge >= 0.3 is 0 Å². The highest BCUT2D eigenvalue weighted by Crippen LogP contribution is 2.19. The van der Waals surface area contributed by atoms with Crippen LogP contribution in [0.25, 0.3) is 0 Å². The van der Waals surface area contributed by atoms with Gasteiger partial charge in [0.2, 0.25) is 5.91 Å². The average Bonchev–Trinajstić information content (AvgIpc) is 2.70. The molecular formula is C13H13ClN4O. The summed E-state index contributed by atoms with van der Waals surface area (Å²) in [6, 6.07) is 7.17. The molecule has 19 heavy (non-hydrogen) atoms. The predicted molar refractivity (Wildman–Crippen MR) is 76.9 cm³/mol. The van der Waals surface area contributed by atoms with Crippen LogP contribution in [0.1, 0.15) is 12.5 Å². The van der Waals surface area contributed by atoms with Gasteiger partial charge in [0.25, 0.3) is 0 Å². The number of para-hydroxylation sites is 1. The fourth-order valence-corrected chi connectivity index (χ4v) is 1.62. The van der Waals surface area contributed by atoms with E-state index in [0.29, 0.717) is 22.8 Å². The van der Waals surface area contributed by atoms with E-state index in [4.69, 9.17) is 17.0 Å². The zero-order valence-corrected chi connectivity index (χ0v) is 11.1. The lowest BCUT2D eigenvalue weighted by atomic mass is 10.1. The van der Waals surface area contributed by atoms with Crippen molar-refractivity contribution in [3.05, 3.63) is 42.1 Å². The highest BCUT2D eigenvalue weighted by molar-refractivity contribution is 6.32. The summed E-state index contributed by atoms with van der Waals surface area (Å²) >= 11 is 5.73. The number of hydrogen-bond acceptors (Lipinski definition) is 3. The summed E-state index contributed by atoms with van der Waals surface area (Å²) in [5, 5.41) is 12.5. The zero-order chi connectivity index (χ0) is 14.0. The molecule has 0 aromatic heterocycles. The van der Waals surface area contributed by atoms with Gasteiger partial charge in [-0.3, -0.25) is 10.2 Å². The third-order valence-corrected chi connectivity index (χ3v) is 2.78. The summed E-state index contributed by atoms with van der Waals surface area (Å²) in [6.07, 6.45) is 0. The fraction of sp³-hybridized carbons (Fsp3) is 0.154. The summed E-state index contributed by atoms with van der Waals surface area (Å²) in [7, 11) is 0. The Labute approximate surface area is 115 Å². The number of anilines is 1. The molecule has 0 radical (unpaired) electrons. The molecule has 1 aliphatic rings. The van der Waals surface area contributed by atoms with E-state index in [1.54, 1.807) is 25.1 Å². The van der Waals surface area contributed by atoms with E-state index in [1.165, 1.54) is 0 Å². The van der Waals surface area contributed by atoms with Gasteiger partial charge in [-0.2, -0.15) is 0 Å². The number of amidine groups is 2. The van der Waals surface area contributed by atoms with Crippen LogP contribution in [0, 0.1) is 5.41 Å². The molecule has 2 rings (SSSR count). The molecule has 1 aromatic carbocycles. The minimum atomic E-state index is -0.625. The monoisotopic (exact) mass is 276 g/mol. The number of carbonyl (C=O) groups is 1. The summed E-state index contributed by atoms with van der Waals surface area (Å²) < 4.78 is 0. The Balaban J connectivity index is 2.32. The number of hydrogen-bond donors (Lipinski definition) is 3. The van der Waals surface area contributed by atoms with E-state index in [-0.39, 0.29) is 11.7 Å². The van der Waals surface area contributed by atoms with Crippen molar-refractivity contribution in [1.29, 1.82) is 5.41 Å². The van der Waals surface area contributed by atoms with Gasteiger partial charge in [-0.15, -0.1) is 11.6 Å². The van der Waals surface area contributed by atoms with Crippen molar-refractivity contribution in [3.8, 4) is 0 Å². The Hall–Kier alpha value is -2.14. The molecule has 0 bridgehead atoms. The maximum Gasteiger partial charge on any atom is 0.242 e. The lowest BCUT2D eigenvalue weighted by molar-refractivity contribution is -0.115.